The van der Waals surface area contributed by atoms with Crippen LogP contribution in [0.5, 0.6) is 0 Å². The Morgan fingerprint density at radius 2 is 2.50 bits per heavy atom. The first-order chi connectivity index (χ1) is 8.28. The number of carbonyl (C=O) groups is 1. The van der Waals surface area contributed by atoms with E-state index in [0.717, 1.165) is 25.2 Å². The highest BCUT2D eigenvalue weighted by atomic mass is 35.5. The summed E-state index contributed by atoms with van der Waals surface area (Å²) in [5.41, 5.74) is 0.788. The largest absolute Gasteiger partial charge is 0.323 e. The molecule has 0 aliphatic carbocycles. The van der Waals surface area contributed by atoms with E-state index in [1.165, 1.54) is 12.8 Å². The highest BCUT2D eigenvalue weighted by Crippen LogP contribution is 2.12. The lowest BCUT2D eigenvalue weighted by Gasteiger charge is -2.09. The number of anilines is 1. The lowest BCUT2D eigenvalue weighted by Crippen LogP contribution is -2.23. The molecule has 2 heterocycles. The zero-order chi connectivity index (χ0) is 12.1. The van der Waals surface area contributed by atoms with Crippen LogP contribution in [0.15, 0.2) is 12.4 Å². The number of rotatable bonds is 5. The van der Waals surface area contributed by atoms with E-state index in [4.69, 9.17) is 0 Å². The van der Waals surface area contributed by atoms with E-state index in [2.05, 4.69) is 15.7 Å². The van der Waals surface area contributed by atoms with E-state index in [0.29, 0.717) is 12.5 Å². The molecule has 5 nitrogen and oxygen atoms in total. The van der Waals surface area contributed by atoms with Gasteiger partial charge in [0.25, 0.3) is 0 Å². The number of halogens is 1. The smallest absolute Gasteiger partial charge is 0.224 e. The molecular weight excluding hydrogens is 252 g/mol. The van der Waals surface area contributed by atoms with Gasteiger partial charge in [0.15, 0.2) is 0 Å². The molecule has 102 valence electrons. The molecule has 1 aromatic rings. The zero-order valence-electron chi connectivity index (χ0n) is 10.7. The standard InChI is InChI=1S/C12H20N4O.ClH/c1-2-16-9-11(8-14-16)15-12(17)6-5-10-4-3-7-13-10;/h8-10,13H,2-7H2,1H3,(H,15,17);1H. The van der Waals surface area contributed by atoms with Crippen molar-refractivity contribution < 1.29 is 4.79 Å². The summed E-state index contributed by atoms with van der Waals surface area (Å²) in [5, 5.41) is 10.4. The van der Waals surface area contributed by atoms with Gasteiger partial charge in [0.05, 0.1) is 11.9 Å². The van der Waals surface area contributed by atoms with Crippen LogP contribution in [-0.4, -0.2) is 28.3 Å². The van der Waals surface area contributed by atoms with E-state index < -0.39 is 0 Å². The first-order valence-corrected chi connectivity index (χ1v) is 6.33. The van der Waals surface area contributed by atoms with Gasteiger partial charge < -0.3 is 10.6 Å². The van der Waals surface area contributed by atoms with Crippen LogP contribution in [0, 0.1) is 0 Å². The van der Waals surface area contributed by atoms with Gasteiger partial charge in [0, 0.05) is 25.2 Å². The highest BCUT2D eigenvalue weighted by Gasteiger charge is 2.15. The number of aromatic nitrogens is 2. The van der Waals surface area contributed by atoms with Crippen molar-refractivity contribution in [2.75, 3.05) is 11.9 Å². The zero-order valence-corrected chi connectivity index (χ0v) is 11.5. The fourth-order valence-corrected chi connectivity index (χ4v) is 2.13. The molecule has 1 saturated heterocycles. The number of nitrogens with zero attached hydrogens (tertiary/aromatic N) is 2. The molecule has 18 heavy (non-hydrogen) atoms. The second kappa shape index (κ2) is 7.38. The molecule has 0 saturated carbocycles. The summed E-state index contributed by atoms with van der Waals surface area (Å²) in [6.45, 7) is 3.93. The van der Waals surface area contributed by atoms with Crippen LogP contribution in [0.1, 0.15) is 32.6 Å². The molecule has 0 aromatic carbocycles. The topological polar surface area (TPSA) is 59.0 Å². The second-order valence-corrected chi connectivity index (χ2v) is 4.46. The number of carbonyl (C=O) groups excluding carboxylic acids is 1. The minimum absolute atomic E-state index is 0. The van der Waals surface area contributed by atoms with Crippen molar-refractivity contribution in [3.63, 3.8) is 0 Å². The van der Waals surface area contributed by atoms with E-state index in [9.17, 15) is 4.79 Å². The summed E-state index contributed by atoms with van der Waals surface area (Å²) in [6.07, 6.45) is 7.47. The summed E-state index contributed by atoms with van der Waals surface area (Å²) in [5.74, 6) is 0.0781. The Bertz CT molecular complexity index is 374. The summed E-state index contributed by atoms with van der Waals surface area (Å²) in [6, 6.07) is 0.527. The lowest BCUT2D eigenvalue weighted by atomic mass is 10.1. The Morgan fingerprint density at radius 1 is 1.67 bits per heavy atom. The monoisotopic (exact) mass is 272 g/mol. The van der Waals surface area contributed by atoms with E-state index in [-0.39, 0.29) is 18.3 Å². The Balaban J connectivity index is 0.00000162. The van der Waals surface area contributed by atoms with Gasteiger partial charge in [-0.15, -0.1) is 12.4 Å². The van der Waals surface area contributed by atoms with Crippen molar-refractivity contribution >= 4 is 24.0 Å². The van der Waals surface area contributed by atoms with Crippen LogP contribution in [-0.2, 0) is 11.3 Å². The van der Waals surface area contributed by atoms with E-state index in [1.807, 2.05) is 13.1 Å². The summed E-state index contributed by atoms with van der Waals surface area (Å²) < 4.78 is 1.80. The molecule has 1 fully saturated rings. The van der Waals surface area contributed by atoms with Gasteiger partial charge in [-0.2, -0.15) is 5.10 Å². The molecule has 2 N–H and O–H groups in total. The molecule has 2 rings (SSSR count). The number of hydrogen-bond donors (Lipinski definition) is 2. The first-order valence-electron chi connectivity index (χ1n) is 6.33. The number of aryl methyl sites for hydroxylation is 1. The molecule has 1 aromatic heterocycles. The molecular formula is C12H21ClN4O. The van der Waals surface area contributed by atoms with Crippen molar-refractivity contribution in [1.29, 1.82) is 0 Å². The van der Waals surface area contributed by atoms with Crippen molar-refractivity contribution in [1.82, 2.24) is 15.1 Å². The molecule has 0 radical (unpaired) electrons. The highest BCUT2D eigenvalue weighted by molar-refractivity contribution is 5.90. The molecule has 0 spiro atoms. The van der Waals surface area contributed by atoms with Gasteiger partial charge in [0.1, 0.15) is 0 Å². The van der Waals surface area contributed by atoms with Crippen LogP contribution < -0.4 is 10.6 Å². The minimum Gasteiger partial charge on any atom is -0.323 e. The third-order valence-electron chi connectivity index (χ3n) is 3.12. The average Bonchev–Trinajstić information content (AvgIpc) is 2.97. The maximum absolute atomic E-state index is 11.7. The molecule has 1 unspecified atom stereocenters. The Labute approximate surface area is 114 Å². The second-order valence-electron chi connectivity index (χ2n) is 4.46. The Kier molecular flexibility index (Phi) is 6.15. The van der Waals surface area contributed by atoms with E-state index in [1.54, 1.807) is 10.9 Å². The van der Waals surface area contributed by atoms with Gasteiger partial charge in [-0.3, -0.25) is 9.48 Å². The minimum atomic E-state index is 0. The molecule has 1 aliphatic rings. The Hall–Kier alpha value is -1.07. The van der Waals surface area contributed by atoms with Crippen LogP contribution in [0.4, 0.5) is 5.69 Å². The van der Waals surface area contributed by atoms with Crippen molar-refractivity contribution in [2.24, 2.45) is 0 Å². The molecule has 1 atom stereocenters. The fraction of sp³-hybridized carbons (Fsp3) is 0.667. The number of nitrogens with one attached hydrogen (secondary N) is 2. The first kappa shape index (κ1) is 15.0. The Morgan fingerprint density at radius 3 is 3.11 bits per heavy atom. The number of amides is 1. The van der Waals surface area contributed by atoms with Gasteiger partial charge >= 0.3 is 0 Å². The predicted molar refractivity (Wildman–Crippen MR) is 74.0 cm³/mol. The van der Waals surface area contributed by atoms with Gasteiger partial charge in [0.2, 0.25) is 5.91 Å². The van der Waals surface area contributed by atoms with Crippen LogP contribution >= 0.6 is 12.4 Å². The normalized spacial score (nSPS) is 18.4. The molecule has 1 amide bonds. The lowest BCUT2D eigenvalue weighted by molar-refractivity contribution is -0.116. The third kappa shape index (κ3) is 4.31. The molecule has 0 bridgehead atoms. The van der Waals surface area contributed by atoms with Gasteiger partial charge in [-0.25, -0.2) is 0 Å². The van der Waals surface area contributed by atoms with E-state index >= 15 is 0 Å². The average molecular weight is 273 g/mol. The van der Waals surface area contributed by atoms with Crippen LogP contribution in [0.2, 0.25) is 0 Å². The summed E-state index contributed by atoms with van der Waals surface area (Å²) in [4.78, 5) is 11.7. The molecule has 1 aliphatic heterocycles. The third-order valence-corrected chi connectivity index (χ3v) is 3.12. The number of hydrogen-bond acceptors (Lipinski definition) is 3. The van der Waals surface area contributed by atoms with Crippen molar-refractivity contribution in [3.05, 3.63) is 12.4 Å². The summed E-state index contributed by atoms with van der Waals surface area (Å²) >= 11 is 0. The maximum Gasteiger partial charge on any atom is 0.224 e. The summed E-state index contributed by atoms with van der Waals surface area (Å²) in [7, 11) is 0. The fourth-order valence-electron chi connectivity index (χ4n) is 2.13. The van der Waals surface area contributed by atoms with Crippen molar-refractivity contribution in [2.45, 2.75) is 45.2 Å². The molecule has 6 heteroatoms. The van der Waals surface area contributed by atoms with Gasteiger partial charge in [-0.05, 0) is 32.7 Å². The van der Waals surface area contributed by atoms with Crippen molar-refractivity contribution in [3.8, 4) is 0 Å². The van der Waals surface area contributed by atoms with Crippen LogP contribution in [0.25, 0.3) is 0 Å². The predicted octanol–water partition coefficient (Wildman–Crippen LogP) is 1.80. The SMILES string of the molecule is CCn1cc(NC(=O)CCC2CCCN2)cn1.Cl. The quantitative estimate of drug-likeness (QED) is 0.859. The van der Waals surface area contributed by atoms with Crippen LogP contribution in [0.3, 0.4) is 0 Å². The van der Waals surface area contributed by atoms with Gasteiger partial charge in [-0.1, -0.05) is 0 Å². The maximum atomic E-state index is 11.7.